The highest BCUT2D eigenvalue weighted by Gasteiger charge is 2.36. The van der Waals surface area contributed by atoms with Crippen molar-refractivity contribution in [1.82, 2.24) is 9.78 Å². The fourth-order valence-corrected chi connectivity index (χ4v) is 3.12. The lowest BCUT2D eigenvalue weighted by Gasteiger charge is -2.30. The summed E-state index contributed by atoms with van der Waals surface area (Å²) in [4.78, 5) is 0. The molecule has 4 nitrogen and oxygen atoms in total. The van der Waals surface area contributed by atoms with E-state index in [2.05, 4.69) is 17.2 Å². The molecule has 1 atom stereocenters. The molecule has 108 valence electrons. The summed E-state index contributed by atoms with van der Waals surface area (Å²) in [6, 6.07) is 8.25. The van der Waals surface area contributed by atoms with E-state index in [9.17, 15) is 5.11 Å². The van der Waals surface area contributed by atoms with E-state index < -0.39 is 0 Å². The lowest BCUT2D eigenvalue weighted by Crippen LogP contribution is -2.37. The molecule has 2 aromatic rings. The fraction of sp³-hybridized carbons (Fsp3) is 0.562. The zero-order valence-electron chi connectivity index (χ0n) is 12.0. The van der Waals surface area contributed by atoms with Crippen molar-refractivity contribution < 1.29 is 5.11 Å². The highest BCUT2D eigenvalue weighted by Crippen LogP contribution is 2.41. The normalized spacial score (nSPS) is 18.4. The Kier molecular flexibility index (Phi) is 3.52. The van der Waals surface area contributed by atoms with Gasteiger partial charge in [0.2, 0.25) is 0 Å². The van der Waals surface area contributed by atoms with Gasteiger partial charge < -0.3 is 10.8 Å². The minimum Gasteiger partial charge on any atom is -0.396 e. The van der Waals surface area contributed by atoms with Crippen LogP contribution in [0.25, 0.3) is 10.9 Å². The van der Waals surface area contributed by atoms with Crippen molar-refractivity contribution >= 4 is 10.9 Å². The molecular formula is C16H23N3O. The Hall–Kier alpha value is -1.39. The first kappa shape index (κ1) is 13.6. The standard InChI is InChI=1S/C16H23N3O/c1-19-15-5-3-2-4-13(15)14(18-19)9-16(10-17,11-20)8-12-6-7-12/h2-5,12,20H,6-11,17H2,1H3. The average molecular weight is 273 g/mol. The average Bonchev–Trinajstić information content (AvgIpc) is 3.24. The number of fused-ring (bicyclic) bond motifs is 1. The molecule has 20 heavy (non-hydrogen) atoms. The molecule has 3 N–H and O–H groups in total. The Bertz CT molecular complexity index is 597. The minimum atomic E-state index is -0.210. The number of aryl methyl sites for hydroxylation is 1. The summed E-state index contributed by atoms with van der Waals surface area (Å²) in [5.74, 6) is 0.751. The summed E-state index contributed by atoms with van der Waals surface area (Å²) >= 11 is 0. The Morgan fingerprint density at radius 1 is 1.40 bits per heavy atom. The summed E-state index contributed by atoms with van der Waals surface area (Å²) in [5.41, 5.74) is 7.98. The van der Waals surface area contributed by atoms with Crippen LogP contribution in [0.2, 0.25) is 0 Å². The maximum Gasteiger partial charge on any atom is 0.0710 e. The first-order valence-electron chi connectivity index (χ1n) is 7.39. The van der Waals surface area contributed by atoms with Crippen LogP contribution in [-0.2, 0) is 13.5 Å². The number of benzene rings is 1. The maximum absolute atomic E-state index is 9.88. The molecule has 1 unspecified atom stereocenters. The molecule has 1 heterocycles. The monoisotopic (exact) mass is 273 g/mol. The summed E-state index contributed by atoms with van der Waals surface area (Å²) in [6.07, 6.45) is 4.35. The summed E-state index contributed by atoms with van der Waals surface area (Å²) in [7, 11) is 1.97. The highest BCUT2D eigenvalue weighted by atomic mass is 16.3. The van der Waals surface area contributed by atoms with Crippen molar-refractivity contribution in [3.05, 3.63) is 30.0 Å². The van der Waals surface area contributed by atoms with Crippen LogP contribution >= 0.6 is 0 Å². The second kappa shape index (κ2) is 5.19. The Morgan fingerprint density at radius 3 is 2.80 bits per heavy atom. The van der Waals surface area contributed by atoms with Gasteiger partial charge in [-0.15, -0.1) is 0 Å². The van der Waals surface area contributed by atoms with Crippen LogP contribution in [0.4, 0.5) is 0 Å². The molecule has 1 fully saturated rings. The second-order valence-corrected chi connectivity index (χ2v) is 6.27. The first-order valence-corrected chi connectivity index (χ1v) is 7.39. The number of rotatable bonds is 6. The molecule has 1 aromatic carbocycles. The number of nitrogens with two attached hydrogens (primary N) is 1. The van der Waals surface area contributed by atoms with Gasteiger partial charge in [0, 0.05) is 30.8 Å². The predicted octanol–water partition coefficient (Wildman–Crippen LogP) is 1.85. The van der Waals surface area contributed by atoms with E-state index in [1.165, 1.54) is 18.2 Å². The molecule has 0 radical (unpaired) electrons. The number of hydrogen-bond acceptors (Lipinski definition) is 3. The molecule has 0 aliphatic heterocycles. The zero-order chi connectivity index (χ0) is 14.2. The van der Waals surface area contributed by atoms with Crippen molar-refractivity contribution in [3.8, 4) is 0 Å². The molecule has 1 aliphatic carbocycles. The van der Waals surface area contributed by atoms with Gasteiger partial charge in [0.25, 0.3) is 0 Å². The van der Waals surface area contributed by atoms with Gasteiger partial charge >= 0.3 is 0 Å². The van der Waals surface area contributed by atoms with E-state index in [0.717, 1.165) is 30.0 Å². The Labute approximate surface area is 119 Å². The lowest BCUT2D eigenvalue weighted by atomic mass is 9.78. The third kappa shape index (κ3) is 2.45. The van der Waals surface area contributed by atoms with Crippen molar-refractivity contribution in [2.45, 2.75) is 25.7 Å². The number of para-hydroxylation sites is 1. The van der Waals surface area contributed by atoms with Gasteiger partial charge in [-0.05, 0) is 18.4 Å². The van der Waals surface area contributed by atoms with E-state index in [1.807, 2.05) is 23.9 Å². The first-order chi connectivity index (χ1) is 9.67. The smallest absolute Gasteiger partial charge is 0.0710 e. The van der Waals surface area contributed by atoms with Crippen LogP contribution in [0.3, 0.4) is 0 Å². The van der Waals surface area contributed by atoms with Crippen LogP contribution in [0, 0.1) is 11.3 Å². The SMILES string of the molecule is Cn1nc(CC(CN)(CO)CC2CC2)c2ccccc21. The van der Waals surface area contributed by atoms with Gasteiger partial charge in [-0.1, -0.05) is 31.0 Å². The van der Waals surface area contributed by atoms with E-state index in [0.29, 0.717) is 6.54 Å². The molecule has 0 saturated heterocycles. The van der Waals surface area contributed by atoms with E-state index in [4.69, 9.17) is 5.73 Å². The highest BCUT2D eigenvalue weighted by molar-refractivity contribution is 5.81. The molecule has 3 rings (SSSR count). The number of nitrogens with zero attached hydrogens (tertiary/aromatic N) is 2. The topological polar surface area (TPSA) is 64.1 Å². The van der Waals surface area contributed by atoms with Crippen molar-refractivity contribution in [2.24, 2.45) is 24.1 Å². The fourth-order valence-electron chi connectivity index (χ4n) is 3.12. The van der Waals surface area contributed by atoms with Crippen molar-refractivity contribution in [2.75, 3.05) is 13.2 Å². The predicted molar refractivity (Wildman–Crippen MR) is 80.3 cm³/mol. The molecular weight excluding hydrogens is 250 g/mol. The molecule has 0 bridgehead atoms. The Morgan fingerprint density at radius 2 is 2.15 bits per heavy atom. The minimum absolute atomic E-state index is 0.144. The largest absolute Gasteiger partial charge is 0.396 e. The molecule has 0 spiro atoms. The van der Waals surface area contributed by atoms with Gasteiger partial charge in [-0.3, -0.25) is 4.68 Å². The van der Waals surface area contributed by atoms with Crippen LogP contribution in [0.1, 0.15) is 25.0 Å². The number of aliphatic hydroxyl groups is 1. The molecule has 1 aromatic heterocycles. The summed E-state index contributed by atoms with van der Waals surface area (Å²) < 4.78 is 1.92. The molecule has 1 aliphatic rings. The van der Waals surface area contributed by atoms with Crippen molar-refractivity contribution in [3.63, 3.8) is 0 Å². The summed E-state index contributed by atoms with van der Waals surface area (Å²) in [6.45, 7) is 0.663. The van der Waals surface area contributed by atoms with Gasteiger partial charge in [0.05, 0.1) is 17.8 Å². The van der Waals surface area contributed by atoms with Gasteiger partial charge in [0.15, 0.2) is 0 Å². The third-order valence-electron chi connectivity index (χ3n) is 4.56. The van der Waals surface area contributed by atoms with Crippen LogP contribution in [-0.4, -0.2) is 28.0 Å². The second-order valence-electron chi connectivity index (χ2n) is 6.27. The van der Waals surface area contributed by atoms with E-state index in [-0.39, 0.29) is 12.0 Å². The lowest BCUT2D eigenvalue weighted by molar-refractivity contribution is 0.115. The van der Waals surface area contributed by atoms with Gasteiger partial charge in [-0.25, -0.2) is 0 Å². The number of hydrogen-bond donors (Lipinski definition) is 2. The number of aliphatic hydroxyl groups excluding tert-OH is 1. The van der Waals surface area contributed by atoms with Gasteiger partial charge in [-0.2, -0.15) is 5.10 Å². The van der Waals surface area contributed by atoms with Crippen LogP contribution in [0.5, 0.6) is 0 Å². The van der Waals surface area contributed by atoms with Crippen LogP contribution in [0.15, 0.2) is 24.3 Å². The molecule has 0 amide bonds. The quantitative estimate of drug-likeness (QED) is 0.844. The molecule has 1 saturated carbocycles. The van der Waals surface area contributed by atoms with Crippen molar-refractivity contribution in [1.29, 1.82) is 0 Å². The Balaban J connectivity index is 1.93. The van der Waals surface area contributed by atoms with Crippen LogP contribution < -0.4 is 5.73 Å². The van der Waals surface area contributed by atoms with Gasteiger partial charge in [0.1, 0.15) is 0 Å². The molecule has 4 heteroatoms. The zero-order valence-corrected chi connectivity index (χ0v) is 12.0. The third-order valence-corrected chi connectivity index (χ3v) is 4.56. The maximum atomic E-state index is 9.88. The van der Waals surface area contributed by atoms with E-state index in [1.54, 1.807) is 0 Å². The summed E-state index contributed by atoms with van der Waals surface area (Å²) in [5, 5.41) is 15.7. The number of aromatic nitrogens is 2. The van der Waals surface area contributed by atoms with E-state index >= 15 is 0 Å².